The first-order valence-electron chi connectivity index (χ1n) is 8.26. The zero-order chi connectivity index (χ0) is 16.2. The van der Waals surface area contributed by atoms with Crippen LogP contribution in [0.4, 0.5) is 0 Å². The molecule has 1 aromatic heterocycles. The van der Waals surface area contributed by atoms with Gasteiger partial charge in [-0.25, -0.2) is 0 Å². The first kappa shape index (κ1) is 15.7. The molecule has 23 heavy (non-hydrogen) atoms. The zero-order valence-electron chi connectivity index (χ0n) is 13.9. The van der Waals surface area contributed by atoms with Crippen LogP contribution >= 0.6 is 0 Å². The molecule has 0 unspecified atom stereocenters. The third kappa shape index (κ3) is 3.79. The van der Waals surface area contributed by atoms with Gasteiger partial charge in [0.1, 0.15) is 5.69 Å². The highest BCUT2D eigenvalue weighted by atomic mass is 16.2. The SMILES string of the molecule is CCn1ccc(C(=O)N2CCN(Cc3cccc(C)c3)CC2)n1. The summed E-state index contributed by atoms with van der Waals surface area (Å²) in [6, 6.07) is 10.4. The molecular weight excluding hydrogens is 288 g/mol. The van der Waals surface area contributed by atoms with Gasteiger partial charge in [-0.1, -0.05) is 29.8 Å². The molecule has 0 N–H and O–H groups in total. The fourth-order valence-corrected chi connectivity index (χ4v) is 2.99. The summed E-state index contributed by atoms with van der Waals surface area (Å²) in [4.78, 5) is 16.8. The van der Waals surface area contributed by atoms with Crippen LogP contribution in [0.1, 0.15) is 28.5 Å². The molecule has 0 atom stereocenters. The predicted molar refractivity (Wildman–Crippen MR) is 90.3 cm³/mol. The number of hydrogen-bond donors (Lipinski definition) is 0. The van der Waals surface area contributed by atoms with E-state index in [0.717, 1.165) is 39.3 Å². The van der Waals surface area contributed by atoms with Crippen molar-refractivity contribution in [3.8, 4) is 0 Å². The van der Waals surface area contributed by atoms with Gasteiger partial charge in [0.15, 0.2) is 0 Å². The van der Waals surface area contributed by atoms with Gasteiger partial charge in [-0.3, -0.25) is 14.4 Å². The minimum absolute atomic E-state index is 0.0485. The molecule has 3 rings (SSSR count). The average Bonchev–Trinajstić information content (AvgIpc) is 3.04. The van der Waals surface area contributed by atoms with E-state index in [1.165, 1.54) is 11.1 Å². The van der Waals surface area contributed by atoms with Gasteiger partial charge in [-0.2, -0.15) is 5.10 Å². The quantitative estimate of drug-likeness (QED) is 0.869. The lowest BCUT2D eigenvalue weighted by molar-refractivity contribution is 0.0622. The fraction of sp³-hybridized carbons (Fsp3) is 0.444. The molecule has 2 aromatic rings. The summed E-state index contributed by atoms with van der Waals surface area (Å²) < 4.78 is 1.79. The van der Waals surface area contributed by atoms with Gasteiger partial charge in [-0.15, -0.1) is 0 Å². The topological polar surface area (TPSA) is 41.4 Å². The van der Waals surface area contributed by atoms with E-state index in [-0.39, 0.29) is 5.91 Å². The molecule has 1 amide bonds. The number of amides is 1. The third-order valence-electron chi connectivity index (χ3n) is 4.33. The zero-order valence-corrected chi connectivity index (χ0v) is 13.9. The summed E-state index contributed by atoms with van der Waals surface area (Å²) in [7, 11) is 0. The largest absolute Gasteiger partial charge is 0.335 e. The Hall–Kier alpha value is -2.14. The second-order valence-corrected chi connectivity index (χ2v) is 6.11. The Balaban J connectivity index is 1.54. The van der Waals surface area contributed by atoms with Crippen LogP contribution in [0.25, 0.3) is 0 Å². The van der Waals surface area contributed by atoms with E-state index in [9.17, 15) is 4.79 Å². The van der Waals surface area contributed by atoms with Gasteiger partial charge in [0.25, 0.3) is 5.91 Å². The van der Waals surface area contributed by atoms with Crippen LogP contribution in [0, 0.1) is 6.92 Å². The number of benzene rings is 1. The standard InChI is InChI=1S/C18H24N4O/c1-3-22-8-7-17(19-22)18(23)21-11-9-20(10-12-21)14-16-6-4-5-15(2)13-16/h4-8,13H,3,9-12,14H2,1-2H3. The predicted octanol–water partition coefficient (Wildman–Crippen LogP) is 2.17. The fourth-order valence-electron chi connectivity index (χ4n) is 2.99. The number of piperazine rings is 1. The number of rotatable bonds is 4. The number of aromatic nitrogens is 2. The first-order valence-corrected chi connectivity index (χ1v) is 8.26. The average molecular weight is 312 g/mol. The minimum Gasteiger partial charge on any atom is -0.335 e. The van der Waals surface area contributed by atoms with Crippen LogP contribution in [0.2, 0.25) is 0 Å². The molecule has 0 saturated carbocycles. The van der Waals surface area contributed by atoms with Crippen LogP contribution in [0.5, 0.6) is 0 Å². The molecule has 1 aliphatic rings. The normalized spacial score (nSPS) is 15.8. The lowest BCUT2D eigenvalue weighted by Crippen LogP contribution is -2.48. The Morgan fingerprint density at radius 1 is 1.17 bits per heavy atom. The monoisotopic (exact) mass is 312 g/mol. The minimum atomic E-state index is 0.0485. The van der Waals surface area contributed by atoms with E-state index >= 15 is 0 Å². The van der Waals surface area contributed by atoms with Crippen molar-refractivity contribution >= 4 is 5.91 Å². The van der Waals surface area contributed by atoms with E-state index in [1.54, 1.807) is 4.68 Å². The summed E-state index contributed by atoms with van der Waals surface area (Å²) in [6.45, 7) is 9.24. The van der Waals surface area contributed by atoms with Crippen LogP contribution in [0.15, 0.2) is 36.5 Å². The summed E-state index contributed by atoms with van der Waals surface area (Å²) >= 11 is 0. The molecule has 0 spiro atoms. The molecule has 1 saturated heterocycles. The van der Waals surface area contributed by atoms with Crippen molar-refractivity contribution in [3.63, 3.8) is 0 Å². The summed E-state index contributed by atoms with van der Waals surface area (Å²) in [5.74, 6) is 0.0485. The van der Waals surface area contributed by atoms with Crippen LogP contribution in [-0.2, 0) is 13.1 Å². The smallest absolute Gasteiger partial charge is 0.274 e. The van der Waals surface area contributed by atoms with Crippen molar-refractivity contribution < 1.29 is 4.79 Å². The van der Waals surface area contributed by atoms with E-state index in [4.69, 9.17) is 0 Å². The van der Waals surface area contributed by atoms with E-state index < -0.39 is 0 Å². The summed E-state index contributed by atoms with van der Waals surface area (Å²) in [5, 5.41) is 4.31. The highest BCUT2D eigenvalue weighted by Crippen LogP contribution is 2.12. The van der Waals surface area contributed by atoms with Gasteiger partial charge in [0, 0.05) is 45.5 Å². The molecule has 1 aromatic carbocycles. The maximum atomic E-state index is 12.5. The Bertz CT molecular complexity index is 671. The summed E-state index contributed by atoms with van der Waals surface area (Å²) in [5.41, 5.74) is 3.19. The lowest BCUT2D eigenvalue weighted by atomic mass is 10.1. The number of nitrogens with zero attached hydrogens (tertiary/aromatic N) is 4. The van der Waals surface area contributed by atoms with Crippen molar-refractivity contribution in [1.29, 1.82) is 0 Å². The number of hydrogen-bond acceptors (Lipinski definition) is 3. The molecule has 122 valence electrons. The van der Waals surface area contributed by atoms with Crippen LogP contribution in [-0.4, -0.2) is 51.7 Å². The van der Waals surface area contributed by atoms with Crippen LogP contribution in [0.3, 0.4) is 0 Å². The lowest BCUT2D eigenvalue weighted by Gasteiger charge is -2.34. The first-order chi connectivity index (χ1) is 11.2. The van der Waals surface area contributed by atoms with Crippen molar-refractivity contribution in [1.82, 2.24) is 19.6 Å². The van der Waals surface area contributed by atoms with Gasteiger partial charge < -0.3 is 4.90 Å². The highest BCUT2D eigenvalue weighted by Gasteiger charge is 2.23. The molecule has 5 heteroatoms. The van der Waals surface area contributed by atoms with Crippen molar-refractivity contribution in [2.24, 2.45) is 0 Å². The molecule has 0 aliphatic carbocycles. The second-order valence-electron chi connectivity index (χ2n) is 6.11. The molecule has 1 aliphatic heterocycles. The third-order valence-corrected chi connectivity index (χ3v) is 4.33. The van der Waals surface area contributed by atoms with Crippen molar-refractivity contribution in [3.05, 3.63) is 53.3 Å². The maximum absolute atomic E-state index is 12.5. The number of carbonyl (C=O) groups excluding carboxylic acids is 1. The number of carbonyl (C=O) groups is 1. The molecular formula is C18H24N4O. The number of aryl methyl sites for hydroxylation is 2. The summed E-state index contributed by atoms with van der Waals surface area (Å²) in [6.07, 6.45) is 1.86. The van der Waals surface area contributed by atoms with Crippen molar-refractivity contribution in [2.45, 2.75) is 26.9 Å². The highest BCUT2D eigenvalue weighted by molar-refractivity contribution is 5.92. The van der Waals surface area contributed by atoms with Gasteiger partial charge in [0.2, 0.25) is 0 Å². The Morgan fingerprint density at radius 3 is 2.61 bits per heavy atom. The maximum Gasteiger partial charge on any atom is 0.274 e. The second kappa shape index (κ2) is 6.96. The van der Waals surface area contributed by atoms with Crippen LogP contribution < -0.4 is 0 Å². The Labute approximate surface area is 137 Å². The van der Waals surface area contributed by atoms with Crippen molar-refractivity contribution in [2.75, 3.05) is 26.2 Å². The molecule has 0 bridgehead atoms. The Kier molecular flexibility index (Phi) is 4.76. The van der Waals surface area contributed by atoms with Gasteiger partial charge in [-0.05, 0) is 25.5 Å². The molecule has 5 nitrogen and oxygen atoms in total. The van der Waals surface area contributed by atoms with E-state index in [2.05, 4.69) is 41.2 Å². The van der Waals surface area contributed by atoms with Gasteiger partial charge >= 0.3 is 0 Å². The molecule has 2 heterocycles. The Morgan fingerprint density at radius 2 is 1.96 bits per heavy atom. The van der Waals surface area contributed by atoms with E-state index in [1.807, 2.05) is 24.1 Å². The van der Waals surface area contributed by atoms with Gasteiger partial charge in [0.05, 0.1) is 0 Å². The molecule has 0 radical (unpaired) electrons. The molecule has 1 fully saturated rings. The van der Waals surface area contributed by atoms with E-state index in [0.29, 0.717) is 5.69 Å².